The summed E-state index contributed by atoms with van der Waals surface area (Å²) in [5.74, 6) is 1.04. The van der Waals surface area contributed by atoms with E-state index in [2.05, 4.69) is 70.1 Å². The molecule has 0 saturated carbocycles. The average molecular weight is 308 g/mol. The van der Waals surface area contributed by atoms with Crippen molar-refractivity contribution in [2.45, 2.75) is 0 Å². The third-order valence-electron chi connectivity index (χ3n) is 2.98. The summed E-state index contributed by atoms with van der Waals surface area (Å²) >= 11 is 3.59. The normalized spacial score (nSPS) is 11.2. The van der Waals surface area contributed by atoms with Crippen molar-refractivity contribution in [1.82, 2.24) is 9.88 Å². The van der Waals surface area contributed by atoms with Crippen LogP contribution in [0.1, 0.15) is 0 Å². The molecule has 0 amide bonds. The van der Waals surface area contributed by atoms with E-state index < -0.39 is 0 Å². The van der Waals surface area contributed by atoms with Crippen LogP contribution >= 0.6 is 15.9 Å². The fraction of sp³-hybridized carbons (Fsp3) is 0.357. The van der Waals surface area contributed by atoms with Crippen molar-refractivity contribution < 1.29 is 0 Å². The van der Waals surface area contributed by atoms with Gasteiger partial charge in [0.15, 0.2) is 0 Å². The van der Waals surface area contributed by atoms with Crippen molar-refractivity contribution in [2.75, 3.05) is 39.1 Å². The van der Waals surface area contributed by atoms with Crippen LogP contribution in [0.15, 0.2) is 34.9 Å². The van der Waals surface area contributed by atoms with Crippen LogP contribution in [-0.2, 0) is 0 Å². The number of nitrogens with zero attached hydrogens (tertiary/aromatic N) is 3. The minimum Gasteiger partial charge on any atom is -0.358 e. The Bertz CT molecular complexity index is 540. The fourth-order valence-electron chi connectivity index (χ4n) is 1.91. The largest absolute Gasteiger partial charge is 0.358 e. The molecule has 1 aromatic carbocycles. The van der Waals surface area contributed by atoms with E-state index >= 15 is 0 Å². The maximum Gasteiger partial charge on any atom is 0.136 e. The quantitative estimate of drug-likeness (QED) is 0.865. The summed E-state index contributed by atoms with van der Waals surface area (Å²) < 4.78 is 1.12. The topological polar surface area (TPSA) is 19.4 Å². The van der Waals surface area contributed by atoms with Crippen molar-refractivity contribution in [1.29, 1.82) is 0 Å². The van der Waals surface area contributed by atoms with Crippen molar-refractivity contribution in [3.8, 4) is 0 Å². The lowest BCUT2D eigenvalue weighted by Gasteiger charge is -2.22. The van der Waals surface area contributed by atoms with Crippen LogP contribution < -0.4 is 4.90 Å². The van der Waals surface area contributed by atoms with E-state index in [-0.39, 0.29) is 0 Å². The lowest BCUT2D eigenvalue weighted by atomic mass is 10.1. The zero-order chi connectivity index (χ0) is 13.1. The Morgan fingerprint density at radius 1 is 1.06 bits per heavy atom. The van der Waals surface area contributed by atoms with Gasteiger partial charge in [-0.15, -0.1) is 0 Å². The first-order chi connectivity index (χ1) is 8.59. The molecule has 0 fully saturated rings. The van der Waals surface area contributed by atoms with Crippen LogP contribution in [0.5, 0.6) is 0 Å². The second-order valence-electron chi connectivity index (χ2n) is 4.69. The average Bonchev–Trinajstić information content (AvgIpc) is 2.36. The van der Waals surface area contributed by atoms with E-state index in [1.165, 1.54) is 10.8 Å². The van der Waals surface area contributed by atoms with Crippen LogP contribution in [0.4, 0.5) is 5.82 Å². The van der Waals surface area contributed by atoms with Gasteiger partial charge < -0.3 is 9.80 Å². The van der Waals surface area contributed by atoms with Crippen molar-refractivity contribution in [3.05, 3.63) is 34.9 Å². The van der Waals surface area contributed by atoms with E-state index in [4.69, 9.17) is 0 Å². The van der Waals surface area contributed by atoms with Gasteiger partial charge in [-0.05, 0) is 26.2 Å². The van der Waals surface area contributed by atoms with E-state index in [1.54, 1.807) is 0 Å². The van der Waals surface area contributed by atoms with Crippen molar-refractivity contribution >= 4 is 32.5 Å². The van der Waals surface area contributed by atoms with Crippen molar-refractivity contribution in [3.63, 3.8) is 0 Å². The van der Waals surface area contributed by atoms with Gasteiger partial charge in [-0.25, -0.2) is 4.98 Å². The molecule has 0 aliphatic rings. The predicted octanol–water partition coefficient (Wildman–Crippen LogP) is 3.00. The van der Waals surface area contributed by atoms with Gasteiger partial charge >= 0.3 is 0 Å². The minimum atomic E-state index is 0.964. The van der Waals surface area contributed by atoms with Crippen LogP contribution in [0, 0.1) is 0 Å². The number of hydrogen-bond acceptors (Lipinski definition) is 3. The molecule has 0 radical (unpaired) electrons. The Labute approximate surface area is 117 Å². The number of halogens is 1. The first-order valence-corrected chi connectivity index (χ1v) is 6.78. The van der Waals surface area contributed by atoms with Crippen LogP contribution in [-0.4, -0.2) is 44.1 Å². The molecule has 0 saturated heterocycles. The SMILES string of the molecule is CN(C)CCN(C)c1nccc2c(Br)cccc12. The number of anilines is 1. The first kappa shape index (κ1) is 13.3. The summed E-state index contributed by atoms with van der Waals surface area (Å²) in [6.45, 7) is 1.98. The van der Waals surface area contributed by atoms with Gasteiger partial charge in [0.25, 0.3) is 0 Å². The highest BCUT2D eigenvalue weighted by molar-refractivity contribution is 9.10. The molecule has 18 heavy (non-hydrogen) atoms. The van der Waals surface area contributed by atoms with E-state index in [9.17, 15) is 0 Å². The molecule has 1 heterocycles. The Morgan fingerprint density at radius 3 is 2.56 bits per heavy atom. The third-order valence-corrected chi connectivity index (χ3v) is 3.67. The van der Waals surface area contributed by atoms with Gasteiger partial charge in [0, 0.05) is 41.6 Å². The minimum absolute atomic E-state index is 0.964. The molecule has 1 aromatic heterocycles. The molecule has 0 N–H and O–H groups in total. The molecule has 0 spiro atoms. The van der Waals surface area contributed by atoms with E-state index in [0.717, 1.165) is 23.4 Å². The molecule has 3 nitrogen and oxygen atoms in total. The van der Waals surface area contributed by atoms with Crippen LogP contribution in [0.25, 0.3) is 10.8 Å². The van der Waals surface area contributed by atoms with Gasteiger partial charge in [-0.1, -0.05) is 28.1 Å². The van der Waals surface area contributed by atoms with Crippen molar-refractivity contribution in [2.24, 2.45) is 0 Å². The van der Waals surface area contributed by atoms with E-state index in [0.29, 0.717) is 0 Å². The maximum absolute atomic E-state index is 4.51. The molecule has 0 aliphatic heterocycles. The highest BCUT2D eigenvalue weighted by Crippen LogP contribution is 2.28. The molecular formula is C14H18BrN3. The molecule has 0 bridgehead atoms. The summed E-state index contributed by atoms with van der Waals surface area (Å²) in [6, 6.07) is 8.28. The second kappa shape index (κ2) is 5.67. The number of benzene rings is 1. The van der Waals surface area contributed by atoms with Gasteiger partial charge in [-0.2, -0.15) is 0 Å². The number of pyridine rings is 1. The predicted molar refractivity (Wildman–Crippen MR) is 81.3 cm³/mol. The van der Waals surface area contributed by atoms with Gasteiger partial charge in [0.05, 0.1) is 0 Å². The first-order valence-electron chi connectivity index (χ1n) is 5.98. The van der Waals surface area contributed by atoms with Crippen LogP contribution in [0.3, 0.4) is 0 Å². The van der Waals surface area contributed by atoms with Gasteiger partial charge in [-0.3, -0.25) is 0 Å². The zero-order valence-corrected chi connectivity index (χ0v) is 12.6. The highest BCUT2D eigenvalue weighted by Gasteiger charge is 2.08. The van der Waals surface area contributed by atoms with E-state index in [1.807, 2.05) is 12.3 Å². The summed E-state index contributed by atoms with van der Waals surface area (Å²) in [5.41, 5.74) is 0. The summed E-state index contributed by atoms with van der Waals surface area (Å²) in [6.07, 6.45) is 1.87. The lowest BCUT2D eigenvalue weighted by Crippen LogP contribution is -2.29. The number of fused-ring (bicyclic) bond motifs is 1. The standard InChI is InChI=1S/C14H18BrN3/c1-17(2)9-10-18(3)14-12-5-4-6-13(15)11(12)7-8-16-14/h4-8H,9-10H2,1-3H3. The van der Waals surface area contributed by atoms with Gasteiger partial charge in [0.2, 0.25) is 0 Å². The molecule has 2 rings (SSSR count). The lowest BCUT2D eigenvalue weighted by molar-refractivity contribution is 0.416. The molecular weight excluding hydrogens is 290 g/mol. The Hall–Kier alpha value is -1.13. The molecule has 96 valence electrons. The number of aromatic nitrogens is 1. The Kier molecular flexibility index (Phi) is 4.19. The van der Waals surface area contributed by atoms with Crippen LogP contribution in [0.2, 0.25) is 0 Å². The Morgan fingerprint density at radius 2 is 1.83 bits per heavy atom. The molecule has 4 heteroatoms. The summed E-state index contributed by atoms with van der Waals surface area (Å²) in [4.78, 5) is 8.89. The summed E-state index contributed by atoms with van der Waals surface area (Å²) in [7, 11) is 6.26. The molecule has 0 unspecified atom stereocenters. The number of hydrogen-bond donors (Lipinski definition) is 0. The number of rotatable bonds is 4. The second-order valence-corrected chi connectivity index (χ2v) is 5.55. The smallest absolute Gasteiger partial charge is 0.136 e. The monoisotopic (exact) mass is 307 g/mol. The Balaban J connectivity index is 2.36. The number of likely N-dealkylation sites (N-methyl/N-ethyl adjacent to an activating group) is 2. The summed E-state index contributed by atoms with van der Waals surface area (Å²) in [5, 5.41) is 2.40. The third kappa shape index (κ3) is 2.82. The van der Waals surface area contributed by atoms with Gasteiger partial charge in [0.1, 0.15) is 5.82 Å². The maximum atomic E-state index is 4.51. The zero-order valence-electron chi connectivity index (χ0n) is 11.0. The highest BCUT2D eigenvalue weighted by atomic mass is 79.9. The molecule has 0 aliphatic carbocycles. The molecule has 2 aromatic rings. The fourth-order valence-corrected chi connectivity index (χ4v) is 2.41. The molecule has 0 atom stereocenters.